The fraction of sp³-hybridized carbons (Fsp3) is 0.0385. The lowest BCUT2D eigenvalue weighted by molar-refractivity contribution is -0.111. The molecule has 1 aromatic heterocycles. The normalized spacial score (nSPS) is 10.8. The second-order valence-electron chi connectivity index (χ2n) is 7.44. The number of carbonyl (C=O) groups is 2. The number of hydrogen-bond acceptors (Lipinski definition) is 3. The van der Waals surface area contributed by atoms with Gasteiger partial charge in [0.15, 0.2) is 0 Å². The summed E-state index contributed by atoms with van der Waals surface area (Å²) in [5.41, 5.74) is 2.96. The van der Waals surface area contributed by atoms with E-state index in [4.69, 9.17) is 0 Å². The van der Waals surface area contributed by atoms with E-state index in [0.29, 0.717) is 11.4 Å². The van der Waals surface area contributed by atoms with Crippen LogP contribution >= 0.6 is 0 Å². The molecule has 0 saturated heterocycles. The van der Waals surface area contributed by atoms with E-state index in [1.165, 1.54) is 12.1 Å². The van der Waals surface area contributed by atoms with E-state index in [9.17, 15) is 14.0 Å². The van der Waals surface area contributed by atoms with Crippen molar-refractivity contribution in [3.05, 3.63) is 102 Å². The summed E-state index contributed by atoms with van der Waals surface area (Å²) >= 11 is 0. The second-order valence-corrected chi connectivity index (χ2v) is 7.44. The van der Waals surface area contributed by atoms with Crippen LogP contribution in [0.1, 0.15) is 11.1 Å². The number of carbonyl (C=O) groups excluding carboxylic acids is 2. The monoisotopic (exact) mass is 440 g/mol. The molecule has 33 heavy (non-hydrogen) atoms. The number of halogens is 1. The molecule has 4 aromatic rings. The zero-order chi connectivity index (χ0) is 23.2. The topological polar surface area (TPSA) is 83.1 Å². The van der Waals surface area contributed by atoms with Gasteiger partial charge in [0.2, 0.25) is 5.91 Å². The fourth-order valence-corrected chi connectivity index (χ4v) is 3.21. The Balaban J connectivity index is 1.33. The van der Waals surface area contributed by atoms with Crippen molar-refractivity contribution in [2.75, 3.05) is 16.0 Å². The zero-order valence-electron chi connectivity index (χ0n) is 17.8. The quantitative estimate of drug-likeness (QED) is 0.334. The Morgan fingerprint density at radius 2 is 1.64 bits per heavy atom. The van der Waals surface area contributed by atoms with E-state index in [1.807, 2.05) is 31.2 Å². The summed E-state index contributed by atoms with van der Waals surface area (Å²) in [6.45, 7) is 1.81. The number of pyridine rings is 1. The molecule has 0 saturated carbocycles. The molecule has 0 fully saturated rings. The Labute approximate surface area is 190 Å². The van der Waals surface area contributed by atoms with Gasteiger partial charge in [-0.1, -0.05) is 24.3 Å². The van der Waals surface area contributed by atoms with Crippen LogP contribution in [-0.2, 0) is 4.79 Å². The number of benzene rings is 3. The third-order valence-corrected chi connectivity index (χ3v) is 4.87. The molecule has 0 radical (unpaired) electrons. The Morgan fingerprint density at radius 3 is 2.45 bits per heavy atom. The average Bonchev–Trinajstić information content (AvgIpc) is 2.81. The van der Waals surface area contributed by atoms with Gasteiger partial charge < -0.3 is 16.0 Å². The van der Waals surface area contributed by atoms with Crippen LogP contribution in [0.4, 0.5) is 26.2 Å². The molecule has 0 unspecified atom stereocenters. The zero-order valence-corrected chi connectivity index (χ0v) is 17.8. The first-order valence-electron chi connectivity index (χ1n) is 10.2. The molecule has 1 heterocycles. The number of aryl methyl sites for hydroxylation is 1. The lowest BCUT2D eigenvalue weighted by atomic mass is 10.1. The molecule has 0 atom stereocenters. The molecule has 3 N–H and O–H groups in total. The van der Waals surface area contributed by atoms with Gasteiger partial charge in [-0.15, -0.1) is 0 Å². The number of amides is 3. The average molecular weight is 440 g/mol. The van der Waals surface area contributed by atoms with Crippen molar-refractivity contribution in [3.63, 3.8) is 0 Å². The standard InChI is InChI=1S/C26H21FN4O2/c1-17-2-10-23(27)24(14-17)31-26(33)30-21-7-3-18(4-8-21)5-11-25(32)29-22-9-6-20-16-28-13-12-19(20)15-22/h2-16H,1H3,(H,29,32)(H2,30,31,33)/b11-5+. The molecular formula is C26H21FN4O2. The largest absolute Gasteiger partial charge is 0.323 e. The molecule has 0 aliphatic carbocycles. The van der Waals surface area contributed by atoms with Gasteiger partial charge in [0, 0.05) is 35.2 Å². The molecule has 164 valence electrons. The number of nitrogens with one attached hydrogen (secondary N) is 3. The highest BCUT2D eigenvalue weighted by atomic mass is 19.1. The van der Waals surface area contributed by atoms with Crippen molar-refractivity contribution in [2.45, 2.75) is 6.92 Å². The fourth-order valence-electron chi connectivity index (χ4n) is 3.21. The maximum atomic E-state index is 13.8. The van der Waals surface area contributed by atoms with Crippen LogP contribution in [0.2, 0.25) is 0 Å². The smallest absolute Gasteiger partial charge is 0.322 e. The molecule has 7 heteroatoms. The van der Waals surface area contributed by atoms with Crippen LogP contribution in [0, 0.1) is 12.7 Å². The number of hydrogen-bond donors (Lipinski definition) is 3. The molecule has 6 nitrogen and oxygen atoms in total. The maximum absolute atomic E-state index is 13.8. The van der Waals surface area contributed by atoms with Crippen molar-refractivity contribution in [1.29, 1.82) is 0 Å². The molecule has 4 rings (SSSR count). The van der Waals surface area contributed by atoms with Gasteiger partial charge in [-0.05, 0) is 72.0 Å². The lowest BCUT2D eigenvalue weighted by Crippen LogP contribution is -2.20. The maximum Gasteiger partial charge on any atom is 0.323 e. The molecule has 0 aliphatic heterocycles. The van der Waals surface area contributed by atoms with Crippen LogP contribution in [-0.4, -0.2) is 16.9 Å². The molecule has 3 aromatic carbocycles. The van der Waals surface area contributed by atoms with E-state index in [0.717, 1.165) is 21.9 Å². The first-order chi connectivity index (χ1) is 16.0. The molecule has 0 spiro atoms. The summed E-state index contributed by atoms with van der Waals surface area (Å²) in [6, 6.07) is 18.3. The van der Waals surface area contributed by atoms with Crippen LogP contribution in [0.5, 0.6) is 0 Å². The van der Waals surface area contributed by atoms with Gasteiger partial charge in [-0.3, -0.25) is 9.78 Å². The highest BCUT2D eigenvalue weighted by molar-refractivity contribution is 6.03. The van der Waals surface area contributed by atoms with Crippen molar-refractivity contribution in [2.24, 2.45) is 0 Å². The van der Waals surface area contributed by atoms with Gasteiger partial charge in [0.1, 0.15) is 5.82 Å². The minimum Gasteiger partial charge on any atom is -0.322 e. The highest BCUT2D eigenvalue weighted by Crippen LogP contribution is 2.19. The minimum atomic E-state index is -0.548. The Bertz CT molecular complexity index is 1350. The van der Waals surface area contributed by atoms with E-state index < -0.39 is 11.8 Å². The first kappa shape index (κ1) is 21.7. The number of urea groups is 1. The van der Waals surface area contributed by atoms with E-state index in [-0.39, 0.29) is 11.6 Å². The third kappa shape index (κ3) is 5.80. The summed E-state index contributed by atoms with van der Waals surface area (Å²) in [4.78, 5) is 28.5. The molecular weight excluding hydrogens is 419 g/mol. The summed E-state index contributed by atoms with van der Waals surface area (Å²) in [7, 11) is 0. The van der Waals surface area contributed by atoms with Gasteiger partial charge in [-0.2, -0.15) is 0 Å². The van der Waals surface area contributed by atoms with Gasteiger partial charge in [0.05, 0.1) is 5.69 Å². The molecule has 0 bridgehead atoms. The Hall–Kier alpha value is -4.52. The minimum absolute atomic E-state index is 0.112. The van der Waals surface area contributed by atoms with Crippen LogP contribution < -0.4 is 16.0 Å². The predicted molar refractivity (Wildman–Crippen MR) is 130 cm³/mol. The highest BCUT2D eigenvalue weighted by Gasteiger charge is 2.07. The van der Waals surface area contributed by atoms with Crippen molar-refractivity contribution in [3.8, 4) is 0 Å². The SMILES string of the molecule is Cc1ccc(F)c(NC(=O)Nc2ccc(/C=C/C(=O)Nc3ccc4cnccc4c3)cc2)c1. The Morgan fingerprint density at radius 1 is 0.848 bits per heavy atom. The number of fused-ring (bicyclic) bond motifs is 1. The van der Waals surface area contributed by atoms with Gasteiger partial charge in [0.25, 0.3) is 0 Å². The third-order valence-electron chi connectivity index (χ3n) is 4.87. The van der Waals surface area contributed by atoms with E-state index in [2.05, 4.69) is 20.9 Å². The van der Waals surface area contributed by atoms with Crippen LogP contribution in [0.25, 0.3) is 16.8 Å². The van der Waals surface area contributed by atoms with Crippen LogP contribution in [0.15, 0.2) is 85.2 Å². The molecule has 3 amide bonds. The number of anilines is 3. The second kappa shape index (κ2) is 9.74. The summed E-state index contributed by atoms with van der Waals surface area (Å²) in [5, 5.41) is 9.96. The lowest BCUT2D eigenvalue weighted by Gasteiger charge is -2.09. The Kier molecular flexibility index (Phi) is 6.40. The van der Waals surface area contributed by atoms with Gasteiger partial charge >= 0.3 is 6.03 Å². The number of nitrogens with zero attached hydrogens (tertiary/aromatic N) is 1. The van der Waals surface area contributed by atoms with Crippen molar-refractivity contribution < 1.29 is 14.0 Å². The van der Waals surface area contributed by atoms with Crippen molar-refractivity contribution >= 4 is 45.8 Å². The first-order valence-corrected chi connectivity index (χ1v) is 10.2. The summed E-state index contributed by atoms with van der Waals surface area (Å²) in [6.07, 6.45) is 6.58. The summed E-state index contributed by atoms with van der Waals surface area (Å²) < 4.78 is 13.8. The number of aromatic nitrogens is 1. The van der Waals surface area contributed by atoms with E-state index in [1.54, 1.807) is 54.9 Å². The predicted octanol–water partition coefficient (Wildman–Crippen LogP) is 5.98. The summed E-state index contributed by atoms with van der Waals surface area (Å²) in [5.74, 6) is -0.764. The van der Waals surface area contributed by atoms with E-state index >= 15 is 0 Å². The number of rotatable bonds is 5. The molecule has 0 aliphatic rings. The van der Waals surface area contributed by atoms with Crippen molar-refractivity contribution in [1.82, 2.24) is 4.98 Å². The van der Waals surface area contributed by atoms with Crippen LogP contribution in [0.3, 0.4) is 0 Å². The van der Waals surface area contributed by atoms with Gasteiger partial charge in [-0.25, -0.2) is 9.18 Å².